The highest BCUT2D eigenvalue weighted by Gasteiger charge is 2.30. The lowest BCUT2D eigenvalue weighted by atomic mass is 9.95. The highest BCUT2D eigenvalue weighted by molar-refractivity contribution is 5.92. The van der Waals surface area contributed by atoms with Crippen LogP contribution in [-0.2, 0) is 15.9 Å². The molecular formula is C35H44N6O3. The molecule has 0 saturated carbocycles. The van der Waals surface area contributed by atoms with Crippen molar-refractivity contribution >= 4 is 17.1 Å². The second-order valence-electron chi connectivity index (χ2n) is 13.2. The molecule has 4 heterocycles. The quantitative estimate of drug-likeness (QED) is 0.294. The number of likely N-dealkylation sites (tertiary alicyclic amines) is 1. The van der Waals surface area contributed by atoms with Gasteiger partial charge in [-0.3, -0.25) is 9.67 Å². The normalized spacial score (nSPS) is 18.1. The Balaban J connectivity index is 1.25. The molecule has 232 valence electrons. The fourth-order valence-electron chi connectivity index (χ4n) is 6.48. The number of aromatic nitrogens is 4. The number of aryl methyl sites for hydroxylation is 2. The maximum absolute atomic E-state index is 12.6. The summed E-state index contributed by atoms with van der Waals surface area (Å²) in [5.74, 6) is 0. The molecule has 9 nitrogen and oxygen atoms in total. The molecule has 1 atom stereocenters. The van der Waals surface area contributed by atoms with Gasteiger partial charge in [0.1, 0.15) is 5.60 Å². The van der Waals surface area contributed by atoms with Crippen molar-refractivity contribution in [1.82, 2.24) is 30.0 Å². The number of morpholine rings is 1. The predicted octanol–water partition coefficient (Wildman–Crippen LogP) is 6.19. The van der Waals surface area contributed by atoms with Gasteiger partial charge in [0.2, 0.25) is 0 Å². The summed E-state index contributed by atoms with van der Waals surface area (Å²) in [6.07, 6.45) is 4.39. The number of fused-ring (bicyclic) bond motifs is 1. The van der Waals surface area contributed by atoms with Gasteiger partial charge in [0, 0.05) is 49.4 Å². The number of hydrogen-bond acceptors (Lipinski definition) is 7. The lowest BCUT2D eigenvalue weighted by molar-refractivity contribution is 0.0184. The molecular weight excluding hydrogens is 552 g/mol. The smallest absolute Gasteiger partial charge is 0.410 e. The number of carbonyl (C=O) groups is 1. The number of para-hydroxylation sites is 1. The van der Waals surface area contributed by atoms with Crippen molar-refractivity contribution in [1.29, 1.82) is 0 Å². The fraction of sp³-hybridized carbons (Fsp3) is 0.486. The molecule has 6 rings (SSSR count). The zero-order valence-corrected chi connectivity index (χ0v) is 26.8. The van der Waals surface area contributed by atoms with Crippen LogP contribution in [0.1, 0.15) is 62.2 Å². The first-order chi connectivity index (χ1) is 21.1. The van der Waals surface area contributed by atoms with E-state index in [1.54, 1.807) is 4.90 Å². The number of benzene rings is 2. The summed E-state index contributed by atoms with van der Waals surface area (Å²) in [4.78, 5) is 24.4. The zero-order chi connectivity index (χ0) is 31.0. The first-order valence-corrected chi connectivity index (χ1v) is 15.8. The number of nitrogens with zero attached hydrogens (tertiary/aromatic N) is 5. The van der Waals surface area contributed by atoms with Crippen molar-refractivity contribution in [3.63, 3.8) is 0 Å². The van der Waals surface area contributed by atoms with E-state index in [9.17, 15) is 4.79 Å². The molecule has 9 heteroatoms. The molecule has 2 aliphatic heterocycles. The van der Waals surface area contributed by atoms with Crippen LogP contribution in [0.3, 0.4) is 0 Å². The number of amides is 1. The van der Waals surface area contributed by atoms with E-state index >= 15 is 0 Å². The van der Waals surface area contributed by atoms with Crippen molar-refractivity contribution in [3.05, 3.63) is 65.1 Å². The van der Waals surface area contributed by atoms with Crippen molar-refractivity contribution < 1.29 is 14.3 Å². The molecule has 2 saturated heterocycles. The molecule has 0 radical (unpaired) electrons. The first kappa shape index (κ1) is 30.2. The van der Waals surface area contributed by atoms with Crippen LogP contribution in [-0.4, -0.2) is 75.2 Å². The number of rotatable bonds is 5. The minimum Gasteiger partial charge on any atom is -0.444 e. The van der Waals surface area contributed by atoms with Gasteiger partial charge in [-0.15, -0.1) is 0 Å². The monoisotopic (exact) mass is 596 g/mol. The van der Waals surface area contributed by atoms with Crippen LogP contribution < -0.4 is 5.32 Å². The molecule has 4 aromatic rings. The van der Waals surface area contributed by atoms with E-state index in [0.717, 1.165) is 83.8 Å². The maximum atomic E-state index is 12.6. The van der Waals surface area contributed by atoms with Gasteiger partial charge in [0.25, 0.3) is 0 Å². The third-order valence-electron chi connectivity index (χ3n) is 8.72. The molecule has 1 N–H and O–H groups in total. The number of piperidine rings is 1. The fourth-order valence-corrected chi connectivity index (χ4v) is 6.48. The first-order valence-electron chi connectivity index (χ1n) is 15.8. The van der Waals surface area contributed by atoms with E-state index in [2.05, 4.69) is 54.2 Å². The van der Waals surface area contributed by atoms with Gasteiger partial charge < -0.3 is 19.7 Å². The van der Waals surface area contributed by atoms with Gasteiger partial charge in [-0.25, -0.2) is 9.78 Å². The van der Waals surface area contributed by atoms with Gasteiger partial charge >= 0.3 is 6.09 Å². The summed E-state index contributed by atoms with van der Waals surface area (Å²) >= 11 is 0. The molecule has 2 fully saturated rings. The highest BCUT2D eigenvalue weighted by atomic mass is 16.6. The van der Waals surface area contributed by atoms with Crippen LogP contribution in [0.15, 0.2) is 42.6 Å². The second-order valence-corrected chi connectivity index (χ2v) is 13.2. The lowest BCUT2D eigenvalue weighted by Gasteiger charge is -2.33. The topological polar surface area (TPSA) is 94.4 Å². The second kappa shape index (κ2) is 12.3. The summed E-state index contributed by atoms with van der Waals surface area (Å²) < 4.78 is 13.7. The molecule has 1 unspecified atom stereocenters. The van der Waals surface area contributed by atoms with Gasteiger partial charge in [0.05, 0.1) is 47.4 Å². The summed E-state index contributed by atoms with van der Waals surface area (Å²) in [6, 6.07) is 13.1. The molecule has 0 bridgehead atoms. The Bertz CT molecular complexity index is 1660. The van der Waals surface area contributed by atoms with Gasteiger partial charge in [-0.1, -0.05) is 30.3 Å². The van der Waals surface area contributed by atoms with Crippen molar-refractivity contribution in [2.24, 2.45) is 0 Å². The van der Waals surface area contributed by atoms with E-state index < -0.39 is 5.60 Å². The third kappa shape index (κ3) is 6.35. The number of ether oxygens (including phenoxy) is 2. The van der Waals surface area contributed by atoms with Crippen molar-refractivity contribution in [2.75, 3.05) is 32.8 Å². The van der Waals surface area contributed by atoms with Crippen LogP contribution in [0.5, 0.6) is 0 Å². The molecule has 2 aromatic heterocycles. The number of carbonyl (C=O) groups excluding carboxylic acids is 1. The minimum absolute atomic E-state index is 0.210. The van der Waals surface area contributed by atoms with E-state index in [1.165, 1.54) is 11.1 Å². The Morgan fingerprint density at radius 3 is 2.61 bits per heavy atom. The van der Waals surface area contributed by atoms with Crippen molar-refractivity contribution in [2.45, 2.75) is 78.6 Å². The van der Waals surface area contributed by atoms with Gasteiger partial charge in [0.15, 0.2) is 0 Å². The van der Waals surface area contributed by atoms with Crippen LogP contribution in [0.4, 0.5) is 4.79 Å². The van der Waals surface area contributed by atoms with Crippen LogP contribution in [0.2, 0.25) is 0 Å². The average Bonchev–Trinajstić information content (AvgIpc) is 3.30. The summed E-state index contributed by atoms with van der Waals surface area (Å²) in [6.45, 7) is 15.9. The Labute approximate surface area is 260 Å². The highest BCUT2D eigenvalue weighted by Crippen LogP contribution is 2.34. The SMILES string of the molecule is Cc1cc(-c2cccc3ncc(-c4c(C)nn(C5CCN(C(=O)OC(C)(C)C)CC5)c4C)nc23)ccc1CC1CNCCO1. The molecule has 1 amide bonds. The average molecular weight is 597 g/mol. The molecule has 44 heavy (non-hydrogen) atoms. The Morgan fingerprint density at radius 2 is 1.91 bits per heavy atom. The minimum atomic E-state index is -0.497. The van der Waals surface area contributed by atoms with Gasteiger partial charge in [-0.2, -0.15) is 5.10 Å². The van der Waals surface area contributed by atoms with E-state index in [4.69, 9.17) is 24.5 Å². The summed E-state index contributed by atoms with van der Waals surface area (Å²) in [5, 5.41) is 8.39. The lowest BCUT2D eigenvalue weighted by Crippen LogP contribution is -2.42. The van der Waals surface area contributed by atoms with Crippen molar-refractivity contribution in [3.8, 4) is 22.4 Å². The molecule has 2 aliphatic rings. The van der Waals surface area contributed by atoms with Gasteiger partial charge in [-0.05, 0) is 77.1 Å². The number of nitrogens with one attached hydrogen (secondary N) is 1. The number of hydrogen-bond donors (Lipinski definition) is 1. The Kier molecular flexibility index (Phi) is 8.44. The van der Waals surface area contributed by atoms with Crippen LogP contribution in [0, 0.1) is 20.8 Å². The Morgan fingerprint density at radius 1 is 1.11 bits per heavy atom. The van der Waals surface area contributed by atoms with E-state index in [-0.39, 0.29) is 18.2 Å². The van der Waals surface area contributed by atoms with Crippen LogP contribution in [0.25, 0.3) is 33.4 Å². The molecule has 2 aromatic carbocycles. The maximum Gasteiger partial charge on any atom is 0.410 e. The zero-order valence-electron chi connectivity index (χ0n) is 26.8. The van der Waals surface area contributed by atoms with E-state index in [1.807, 2.05) is 40.0 Å². The standard InChI is InChI=1S/C35H44N6O3/c1-22-18-26(11-10-25(22)19-28-20-36-14-17-43-28)29-8-7-9-30-33(29)38-31(21-37-30)32-23(2)39-41(24(32)3)27-12-15-40(16-13-27)34(42)44-35(4,5)6/h7-11,18,21,27-28,36H,12-17,19-20H2,1-6H3. The summed E-state index contributed by atoms with van der Waals surface area (Å²) in [7, 11) is 0. The Hall–Kier alpha value is -3.82. The predicted molar refractivity (Wildman–Crippen MR) is 173 cm³/mol. The van der Waals surface area contributed by atoms with E-state index in [0.29, 0.717) is 13.1 Å². The molecule has 0 spiro atoms. The van der Waals surface area contributed by atoms with Crippen LogP contribution >= 0.6 is 0 Å². The summed E-state index contributed by atoms with van der Waals surface area (Å²) in [5.41, 5.74) is 9.88. The largest absolute Gasteiger partial charge is 0.444 e. The third-order valence-corrected chi connectivity index (χ3v) is 8.72. The molecule has 0 aliphatic carbocycles.